The van der Waals surface area contributed by atoms with Crippen LogP contribution in [0.2, 0.25) is 0 Å². The molecular formula is C67H65N. The van der Waals surface area contributed by atoms with E-state index in [2.05, 4.69) is 199 Å². The zero-order chi connectivity index (χ0) is 45.3. The fraction of sp³-hybridized carbons (Fsp3) is 0.284. The molecular weight excluding hydrogens is 819 g/mol. The van der Waals surface area contributed by atoms with Gasteiger partial charge in [0.1, 0.15) is 0 Å². The van der Waals surface area contributed by atoms with Crippen LogP contribution in [-0.4, -0.2) is 0 Å². The van der Waals surface area contributed by atoms with Crippen LogP contribution in [0.3, 0.4) is 0 Å². The topological polar surface area (TPSA) is 3.24 Å². The van der Waals surface area contributed by atoms with Crippen LogP contribution in [0.4, 0.5) is 17.1 Å². The third kappa shape index (κ3) is 7.92. The third-order valence-corrected chi connectivity index (χ3v) is 16.8. The van der Waals surface area contributed by atoms with Gasteiger partial charge >= 0.3 is 0 Å². The van der Waals surface area contributed by atoms with Crippen molar-refractivity contribution in [1.82, 2.24) is 0 Å². The minimum absolute atomic E-state index is 0.504. The Hall–Kier alpha value is -6.44. The molecule has 1 heteroatoms. The summed E-state index contributed by atoms with van der Waals surface area (Å²) in [5.41, 5.74) is 20.5. The molecule has 0 saturated heterocycles. The lowest BCUT2D eigenvalue weighted by molar-refractivity contribution is 0.443. The summed E-state index contributed by atoms with van der Waals surface area (Å²) in [7, 11) is 0. The summed E-state index contributed by atoms with van der Waals surface area (Å²) in [6, 6.07) is 75.3. The Labute approximate surface area is 406 Å². The van der Waals surface area contributed by atoms with Gasteiger partial charge in [0.15, 0.2) is 0 Å². The van der Waals surface area contributed by atoms with Crippen LogP contribution in [0.1, 0.15) is 153 Å². The van der Waals surface area contributed by atoms with Crippen LogP contribution in [0, 0.1) is 0 Å². The Kier molecular flexibility index (Phi) is 11.9. The van der Waals surface area contributed by atoms with Gasteiger partial charge in [-0.1, -0.05) is 222 Å². The quantitative estimate of drug-likeness (QED) is 0.132. The van der Waals surface area contributed by atoms with Gasteiger partial charge in [0.25, 0.3) is 0 Å². The van der Waals surface area contributed by atoms with Crippen molar-refractivity contribution in [2.75, 3.05) is 4.90 Å². The van der Waals surface area contributed by atoms with Gasteiger partial charge in [0.05, 0.1) is 11.1 Å². The smallest absolute Gasteiger partial charge is 0.0714 e. The van der Waals surface area contributed by atoms with Gasteiger partial charge in [-0.25, -0.2) is 0 Å². The van der Waals surface area contributed by atoms with Gasteiger partial charge in [0.2, 0.25) is 0 Å². The first-order valence-electron chi connectivity index (χ1n) is 26.3. The lowest BCUT2D eigenvalue weighted by Gasteiger charge is -2.36. The fourth-order valence-corrected chi connectivity index (χ4v) is 13.2. The number of fused-ring (bicyclic) bond motifs is 3. The molecule has 338 valence electrons. The number of benzene rings is 8. The summed E-state index contributed by atoms with van der Waals surface area (Å²) in [6.45, 7) is 0. The van der Waals surface area contributed by atoms with E-state index in [1.165, 1.54) is 169 Å². The molecule has 0 aliphatic heterocycles. The molecule has 3 saturated carbocycles. The average molecular weight is 884 g/mol. The highest BCUT2D eigenvalue weighted by Crippen LogP contribution is 2.58. The minimum Gasteiger partial charge on any atom is -0.310 e. The number of anilines is 3. The fourth-order valence-electron chi connectivity index (χ4n) is 13.2. The van der Waals surface area contributed by atoms with Crippen molar-refractivity contribution < 1.29 is 0 Å². The summed E-state index contributed by atoms with van der Waals surface area (Å²) in [6.07, 6.45) is 20.1. The predicted molar refractivity (Wildman–Crippen MR) is 287 cm³/mol. The lowest BCUT2D eigenvalue weighted by atomic mass is 9.67. The maximum absolute atomic E-state index is 2.55. The maximum atomic E-state index is 2.55. The van der Waals surface area contributed by atoms with Gasteiger partial charge in [-0.15, -0.1) is 0 Å². The Morgan fingerprint density at radius 1 is 0.309 bits per heavy atom. The Morgan fingerprint density at radius 3 is 1.28 bits per heavy atom. The largest absolute Gasteiger partial charge is 0.310 e. The van der Waals surface area contributed by atoms with E-state index in [-0.39, 0.29) is 0 Å². The third-order valence-electron chi connectivity index (χ3n) is 16.8. The van der Waals surface area contributed by atoms with Crippen molar-refractivity contribution in [2.24, 2.45) is 0 Å². The van der Waals surface area contributed by atoms with Gasteiger partial charge in [0, 0.05) is 16.9 Å². The van der Waals surface area contributed by atoms with Crippen LogP contribution >= 0.6 is 0 Å². The summed E-state index contributed by atoms with van der Waals surface area (Å²) in [5, 5.41) is 0. The van der Waals surface area contributed by atoms with E-state index in [1.807, 2.05) is 0 Å². The van der Waals surface area contributed by atoms with Crippen LogP contribution in [-0.2, 0) is 5.41 Å². The van der Waals surface area contributed by atoms with Crippen molar-refractivity contribution >= 4 is 17.1 Å². The second-order valence-corrected chi connectivity index (χ2v) is 20.7. The molecule has 1 nitrogen and oxygen atoms in total. The van der Waals surface area contributed by atoms with Gasteiger partial charge in [-0.2, -0.15) is 0 Å². The van der Waals surface area contributed by atoms with E-state index in [1.54, 1.807) is 0 Å². The molecule has 8 aromatic rings. The van der Waals surface area contributed by atoms with Crippen LogP contribution < -0.4 is 4.90 Å². The number of hydrogen-bond donors (Lipinski definition) is 0. The zero-order valence-electron chi connectivity index (χ0n) is 39.8. The molecule has 0 spiro atoms. The molecule has 0 heterocycles. The molecule has 0 atom stereocenters. The van der Waals surface area contributed by atoms with Gasteiger partial charge in [-0.3, -0.25) is 0 Å². The van der Waals surface area contributed by atoms with E-state index in [0.717, 1.165) is 17.1 Å². The first-order valence-corrected chi connectivity index (χ1v) is 26.3. The second kappa shape index (κ2) is 18.9. The number of rotatable bonds is 10. The van der Waals surface area contributed by atoms with Crippen molar-refractivity contribution in [1.29, 1.82) is 0 Å². The Morgan fingerprint density at radius 2 is 0.735 bits per heavy atom. The van der Waals surface area contributed by atoms with Crippen LogP contribution in [0.15, 0.2) is 194 Å². The Bertz CT molecular complexity index is 2900. The summed E-state index contributed by atoms with van der Waals surface area (Å²) >= 11 is 0. The van der Waals surface area contributed by atoms with Crippen molar-refractivity contribution in [3.05, 3.63) is 233 Å². The summed E-state index contributed by atoms with van der Waals surface area (Å²) < 4.78 is 0. The average Bonchev–Trinajstić information content (AvgIpc) is 3.73. The van der Waals surface area contributed by atoms with Crippen molar-refractivity contribution in [3.8, 4) is 33.4 Å². The highest BCUT2D eigenvalue weighted by Gasteiger charge is 2.46. The molecule has 0 bridgehead atoms. The van der Waals surface area contributed by atoms with E-state index in [0.29, 0.717) is 17.8 Å². The zero-order valence-corrected chi connectivity index (χ0v) is 39.8. The van der Waals surface area contributed by atoms with Crippen molar-refractivity contribution in [3.63, 3.8) is 0 Å². The predicted octanol–water partition coefficient (Wildman–Crippen LogP) is 19.0. The van der Waals surface area contributed by atoms with Crippen LogP contribution in [0.5, 0.6) is 0 Å². The first-order chi connectivity index (χ1) is 33.7. The molecule has 0 radical (unpaired) electrons. The maximum Gasteiger partial charge on any atom is 0.0714 e. The molecule has 4 aliphatic carbocycles. The molecule has 0 unspecified atom stereocenters. The normalized spacial score (nSPS) is 17.4. The molecule has 68 heavy (non-hydrogen) atoms. The standard InChI is InChI=1S/C67H65N/c1-5-17-48(18-6-1)51-29-31-52(32-30-51)55-37-43-59(44-38-55)68(66-28-16-14-25-61(66)56-23-11-4-12-24-56)60-45-46-63-62-26-13-15-27-64(62)67(65(63)47-60,57-39-33-53(34-40-57)49-19-7-2-8-20-49)58-41-35-54(36-42-58)50-21-9-3-10-22-50/h4,11-16,23-50H,1-3,5-10,17-22H2. The SMILES string of the molecule is c1ccc(-c2ccccc2N(c2ccc(-c3ccc(C4CCCCC4)cc3)cc2)c2ccc3c(c2)C(c2ccc(C4CCCCC4)cc2)(c2ccc(C4CCCCC4)cc2)c2ccccc2-3)cc1. The van der Waals surface area contributed by atoms with Gasteiger partial charge < -0.3 is 4.90 Å². The number of nitrogens with zero attached hydrogens (tertiary/aromatic N) is 1. The first kappa shape index (κ1) is 42.9. The monoisotopic (exact) mass is 884 g/mol. The summed E-state index contributed by atoms with van der Waals surface area (Å²) in [4.78, 5) is 2.52. The highest BCUT2D eigenvalue weighted by atomic mass is 15.1. The van der Waals surface area contributed by atoms with Crippen molar-refractivity contribution in [2.45, 2.75) is 119 Å². The van der Waals surface area contributed by atoms with Crippen LogP contribution in [0.25, 0.3) is 33.4 Å². The lowest BCUT2D eigenvalue weighted by Crippen LogP contribution is -2.29. The van der Waals surface area contributed by atoms with Gasteiger partial charge in [-0.05, 0) is 153 Å². The van der Waals surface area contributed by atoms with E-state index in [4.69, 9.17) is 0 Å². The van der Waals surface area contributed by atoms with E-state index in [9.17, 15) is 0 Å². The number of hydrogen-bond acceptors (Lipinski definition) is 1. The molecule has 12 rings (SSSR count). The van der Waals surface area contributed by atoms with E-state index >= 15 is 0 Å². The molecule has 0 amide bonds. The molecule has 0 N–H and O–H groups in total. The van der Waals surface area contributed by atoms with E-state index < -0.39 is 5.41 Å². The molecule has 3 fully saturated rings. The number of para-hydroxylation sites is 1. The Balaban J connectivity index is 1.02. The highest BCUT2D eigenvalue weighted by molar-refractivity contribution is 5.92. The summed E-state index contributed by atoms with van der Waals surface area (Å²) in [5.74, 6) is 2.02. The minimum atomic E-state index is -0.504. The molecule has 4 aliphatic rings. The molecule has 8 aromatic carbocycles. The second-order valence-electron chi connectivity index (χ2n) is 20.7. The molecule has 0 aromatic heterocycles.